The largest absolute Gasteiger partial charge is 0.380 e. The molecule has 2 aliphatic heterocycles. The SMILES string of the molecule is O=C1C=CC2=Nc3ccccc3C23CCC=CNC13. The molecule has 3 nitrogen and oxygen atoms in total. The van der Waals surface area contributed by atoms with Crippen molar-refractivity contribution in [1.29, 1.82) is 0 Å². The molecule has 3 heteroatoms. The number of ketones is 1. The number of nitrogens with one attached hydrogen (secondary N) is 1. The number of fused-ring (bicyclic) bond motifs is 1. The van der Waals surface area contributed by atoms with Crippen LogP contribution in [0.2, 0.25) is 0 Å². The maximum atomic E-state index is 12.3. The van der Waals surface area contributed by atoms with Crippen molar-refractivity contribution in [3.8, 4) is 0 Å². The number of aliphatic imine (C=N–C) groups is 1. The Morgan fingerprint density at radius 3 is 3.11 bits per heavy atom. The molecule has 0 radical (unpaired) electrons. The lowest BCUT2D eigenvalue weighted by atomic mass is 9.65. The van der Waals surface area contributed by atoms with Crippen molar-refractivity contribution in [2.24, 2.45) is 4.99 Å². The first kappa shape index (κ1) is 10.7. The fourth-order valence-electron chi connectivity index (χ4n) is 3.50. The van der Waals surface area contributed by atoms with Crippen LogP contribution in [-0.2, 0) is 10.2 Å². The summed E-state index contributed by atoms with van der Waals surface area (Å²) in [5.41, 5.74) is 2.93. The zero-order valence-electron chi connectivity index (χ0n) is 10.5. The molecular weight excluding hydrogens is 236 g/mol. The number of carbonyl (C=O) groups excluding carboxylic acids is 1. The highest BCUT2D eigenvalue weighted by atomic mass is 16.1. The van der Waals surface area contributed by atoms with Crippen molar-refractivity contribution in [2.75, 3.05) is 0 Å². The van der Waals surface area contributed by atoms with Gasteiger partial charge in [-0.15, -0.1) is 0 Å². The van der Waals surface area contributed by atoms with Gasteiger partial charge in [0.1, 0.15) is 6.04 Å². The summed E-state index contributed by atoms with van der Waals surface area (Å²) in [6, 6.07) is 7.95. The number of rotatable bonds is 0. The van der Waals surface area contributed by atoms with E-state index in [-0.39, 0.29) is 17.2 Å². The summed E-state index contributed by atoms with van der Waals surface area (Å²) in [4.78, 5) is 17.0. The minimum Gasteiger partial charge on any atom is -0.380 e. The van der Waals surface area contributed by atoms with Crippen molar-refractivity contribution in [3.63, 3.8) is 0 Å². The van der Waals surface area contributed by atoms with E-state index >= 15 is 0 Å². The fourth-order valence-corrected chi connectivity index (χ4v) is 3.50. The number of carbonyl (C=O) groups is 1. The summed E-state index contributed by atoms with van der Waals surface area (Å²) >= 11 is 0. The van der Waals surface area contributed by atoms with Crippen LogP contribution in [0, 0.1) is 0 Å². The van der Waals surface area contributed by atoms with Gasteiger partial charge in [0.15, 0.2) is 5.78 Å². The second kappa shape index (κ2) is 3.67. The van der Waals surface area contributed by atoms with Gasteiger partial charge in [-0.1, -0.05) is 24.3 Å². The molecule has 1 N–H and O–H groups in total. The van der Waals surface area contributed by atoms with Crippen LogP contribution in [0.4, 0.5) is 5.69 Å². The second-order valence-electron chi connectivity index (χ2n) is 5.26. The average molecular weight is 250 g/mol. The van der Waals surface area contributed by atoms with E-state index in [0.717, 1.165) is 24.2 Å². The molecule has 0 saturated carbocycles. The number of nitrogens with zero attached hydrogens (tertiary/aromatic N) is 1. The molecule has 0 aromatic heterocycles. The number of benzene rings is 1. The number of para-hydroxylation sites is 1. The third-order valence-corrected chi connectivity index (χ3v) is 4.35. The molecular formula is C16H14N2O. The Morgan fingerprint density at radius 2 is 2.16 bits per heavy atom. The lowest BCUT2D eigenvalue weighted by Crippen LogP contribution is -2.55. The second-order valence-corrected chi connectivity index (χ2v) is 5.26. The average Bonchev–Trinajstić information content (AvgIpc) is 2.59. The molecule has 2 unspecified atom stereocenters. The Hall–Kier alpha value is -2.16. The van der Waals surface area contributed by atoms with E-state index < -0.39 is 0 Å². The zero-order chi connectivity index (χ0) is 12.9. The van der Waals surface area contributed by atoms with E-state index in [4.69, 9.17) is 4.99 Å². The standard InChI is InChI=1S/C16H14N2O/c19-13-7-8-14-16(9-3-4-10-17-15(13)16)11-5-1-2-6-12(11)18-14/h1-2,4-8,10,15,17H,3,9H2. The molecule has 0 fully saturated rings. The van der Waals surface area contributed by atoms with Gasteiger partial charge in [-0.2, -0.15) is 0 Å². The highest BCUT2D eigenvalue weighted by Gasteiger charge is 2.52. The molecule has 0 saturated heterocycles. The van der Waals surface area contributed by atoms with Crippen LogP contribution in [0.15, 0.2) is 53.7 Å². The summed E-state index contributed by atoms with van der Waals surface area (Å²) in [5, 5.41) is 3.27. The molecule has 2 atom stereocenters. The first-order valence-electron chi connectivity index (χ1n) is 6.64. The Morgan fingerprint density at radius 1 is 1.26 bits per heavy atom. The van der Waals surface area contributed by atoms with Gasteiger partial charge in [-0.3, -0.25) is 9.79 Å². The van der Waals surface area contributed by atoms with E-state index in [2.05, 4.69) is 17.5 Å². The third-order valence-electron chi connectivity index (χ3n) is 4.35. The van der Waals surface area contributed by atoms with Crippen LogP contribution in [-0.4, -0.2) is 17.5 Å². The summed E-state index contributed by atoms with van der Waals surface area (Å²) in [6.07, 6.45) is 9.44. The molecule has 94 valence electrons. The van der Waals surface area contributed by atoms with E-state index in [9.17, 15) is 4.79 Å². The summed E-state index contributed by atoms with van der Waals surface area (Å²) in [7, 11) is 0. The van der Waals surface area contributed by atoms with Crippen LogP contribution in [0.25, 0.3) is 0 Å². The summed E-state index contributed by atoms with van der Waals surface area (Å²) in [5.74, 6) is 0.141. The highest BCUT2D eigenvalue weighted by Crippen LogP contribution is 2.48. The molecule has 2 heterocycles. The molecule has 4 rings (SSSR count). The maximum absolute atomic E-state index is 12.3. The van der Waals surface area contributed by atoms with Crippen LogP contribution < -0.4 is 5.32 Å². The lowest BCUT2D eigenvalue weighted by Gasteiger charge is -2.38. The molecule has 1 aromatic carbocycles. The van der Waals surface area contributed by atoms with E-state index in [1.807, 2.05) is 30.5 Å². The minimum absolute atomic E-state index is 0.141. The van der Waals surface area contributed by atoms with E-state index in [0.29, 0.717) is 0 Å². The topological polar surface area (TPSA) is 41.5 Å². The number of allylic oxidation sites excluding steroid dienone is 2. The van der Waals surface area contributed by atoms with Crippen LogP contribution in [0.5, 0.6) is 0 Å². The van der Waals surface area contributed by atoms with Gasteiger partial charge in [0.2, 0.25) is 0 Å². The normalized spacial score (nSPS) is 30.8. The molecule has 19 heavy (non-hydrogen) atoms. The van der Waals surface area contributed by atoms with Crippen molar-refractivity contribution in [3.05, 3.63) is 54.3 Å². The van der Waals surface area contributed by atoms with Crippen LogP contribution in [0.1, 0.15) is 18.4 Å². The Balaban J connectivity index is 2.00. The van der Waals surface area contributed by atoms with Crippen molar-refractivity contribution >= 4 is 17.2 Å². The van der Waals surface area contributed by atoms with Crippen LogP contribution >= 0.6 is 0 Å². The van der Waals surface area contributed by atoms with Gasteiger partial charge in [-0.05, 0) is 42.8 Å². The molecule has 0 amide bonds. The van der Waals surface area contributed by atoms with E-state index in [1.54, 1.807) is 6.08 Å². The number of hydrogen-bond acceptors (Lipinski definition) is 3. The first-order chi connectivity index (χ1) is 9.32. The van der Waals surface area contributed by atoms with Crippen molar-refractivity contribution in [2.45, 2.75) is 24.3 Å². The maximum Gasteiger partial charge on any atom is 0.179 e. The predicted octanol–water partition coefficient (Wildman–Crippen LogP) is 2.42. The Kier molecular flexibility index (Phi) is 2.07. The lowest BCUT2D eigenvalue weighted by molar-refractivity contribution is -0.117. The zero-order valence-corrected chi connectivity index (χ0v) is 10.5. The fraction of sp³-hybridized carbons (Fsp3) is 0.250. The first-order valence-corrected chi connectivity index (χ1v) is 6.64. The molecule has 1 aromatic rings. The van der Waals surface area contributed by atoms with Crippen molar-refractivity contribution < 1.29 is 4.79 Å². The van der Waals surface area contributed by atoms with Crippen molar-refractivity contribution in [1.82, 2.24) is 5.32 Å². The Bertz CT molecular complexity index is 656. The quantitative estimate of drug-likeness (QED) is 0.768. The third kappa shape index (κ3) is 1.27. The monoisotopic (exact) mass is 250 g/mol. The van der Waals surface area contributed by atoms with E-state index in [1.165, 1.54) is 5.56 Å². The minimum atomic E-state index is -0.286. The van der Waals surface area contributed by atoms with Gasteiger partial charge in [0, 0.05) is 0 Å². The summed E-state index contributed by atoms with van der Waals surface area (Å²) in [6.45, 7) is 0. The molecule has 0 bridgehead atoms. The summed E-state index contributed by atoms with van der Waals surface area (Å²) < 4.78 is 0. The number of hydrogen-bond donors (Lipinski definition) is 1. The molecule has 1 spiro atoms. The Labute approximate surface area is 111 Å². The predicted molar refractivity (Wildman–Crippen MR) is 74.7 cm³/mol. The van der Waals surface area contributed by atoms with Gasteiger partial charge in [0.25, 0.3) is 0 Å². The molecule has 1 aliphatic carbocycles. The van der Waals surface area contributed by atoms with Gasteiger partial charge in [0.05, 0.1) is 16.8 Å². The van der Waals surface area contributed by atoms with Gasteiger partial charge >= 0.3 is 0 Å². The van der Waals surface area contributed by atoms with Gasteiger partial charge in [-0.25, -0.2) is 0 Å². The van der Waals surface area contributed by atoms with Crippen LogP contribution in [0.3, 0.4) is 0 Å². The smallest absolute Gasteiger partial charge is 0.179 e. The molecule has 3 aliphatic rings. The van der Waals surface area contributed by atoms with Gasteiger partial charge < -0.3 is 5.32 Å². The highest BCUT2D eigenvalue weighted by molar-refractivity contribution is 6.19.